The topological polar surface area (TPSA) is 39.7 Å². The number of hydrogen-bond acceptors (Lipinski definition) is 2. The molecule has 1 rings (SSSR count). The molecule has 0 aromatic rings. The van der Waals surface area contributed by atoms with Crippen LogP contribution in [0.5, 0.6) is 0 Å². The zero-order chi connectivity index (χ0) is 15.7. The molecule has 0 bridgehead atoms. The summed E-state index contributed by atoms with van der Waals surface area (Å²) in [6.45, 7) is 15.9. The van der Waals surface area contributed by atoms with Crippen LogP contribution < -0.4 is 10.6 Å². The minimum Gasteiger partial charge on any atom is -0.356 e. The molecule has 0 spiro atoms. The summed E-state index contributed by atoms with van der Waals surface area (Å²) < 4.78 is 0. The van der Waals surface area contributed by atoms with Crippen molar-refractivity contribution < 1.29 is 0 Å². The Morgan fingerprint density at radius 1 is 1.23 bits per heavy atom. The van der Waals surface area contributed by atoms with Crippen LogP contribution in [-0.2, 0) is 0 Å². The number of guanidine groups is 1. The van der Waals surface area contributed by atoms with Crippen molar-refractivity contribution in [2.45, 2.75) is 32.7 Å². The first-order chi connectivity index (χ1) is 10.1. The van der Waals surface area contributed by atoms with Gasteiger partial charge in [0.2, 0.25) is 0 Å². The number of rotatable bonds is 10. The predicted octanol–water partition coefficient (Wildman–Crippen LogP) is 2.88. The highest BCUT2D eigenvalue weighted by atomic mass is 127. The molecule has 1 aliphatic carbocycles. The molecular weight excluding hydrogens is 387 g/mol. The Hall–Kier alpha value is -0.560. The van der Waals surface area contributed by atoms with E-state index in [2.05, 4.69) is 47.5 Å². The lowest BCUT2D eigenvalue weighted by atomic mass is 10.0. The molecule has 4 nitrogen and oxygen atoms in total. The highest BCUT2D eigenvalue weighted by molar-refractivity contribution is 14.0. The van der Waals surface area contributed by atoms with Crippen molar-refractivity contribution >= 4 is 29.9 Å². The number of aliphatic imine (C=N–C) groups is 1. The summed E-state index contributed by atoms with van der Waals surface area (Å²) in [5.41, 5.74) is 0. The normalized spacial score (nSPS) is 16.1. The third-order valence-corrected chi connectivity index (χ3v) is 3.92. The fourth-order valence-electron chi connectivity index (χ4n) is 2.45. The van der Waals surface area contributed by atoms with Gasteiger partial charge in [0.15, 0.2) is 5.96 Å². The van der Waals surface area contributed by atoms with Gasteiger partial charge in [-0.15, -0.1) is 37.1 Å². The van der Waals surface area contributed by atoms with E-state index in [9.17, 15) is 0 Å². The Bertz CT molecular complexity index is 341. The van der Waals surface area contributed by atoms with Crippen LogP contribution in [0.15, 0.2) is 30.3 Å². The number of hydrogen-bond donors (Lipinski definition) is 2. The minimum absolute atomic E-state index is 0. The second-order valence-corrected chi connectivity index (χ2v) is 6.12. The van der Waals surface area contributed by atoms with Gasteiger partial charge in [-0.2, -0.15) is 0 Å². The lowest BCUT2D eigenvalue weighted by molar-refractivity contribution is 0.190. The number of nitrogens with zero attached hydrogens (tertiary/aromatic N) is 2. The van der Waals surface area contributed by atoms with Gasteiger partial charge in [-0.05, 0) is 24.7 Å². The zero-order valence-corrected chi connectivity index (χ0v) is 16.7. The first kappa shape index (κ1) is 21.4. The van der Waals surface area contributed by atoms with Crippen LogP contribution in [0, 0.1) is 11.8 Å². The molecule has 1 fully saturated rings. The van der Waals surface area contributed by atoms with Crippen LogP contribution in [0.2, 0.25) is 0 Å². The van der Waals surface area contributed by atoms with Crippen LogP contribution in [0.4, 0.5) is 0 Å². The van der Waals surface area contributed by atoms with E-state index in [0.29, 0.717) is 12.0 Å². The Morgan fingerprint density at radius 3 is 2.23 bits per heavy atom. The molecule has 0 aliphatic heterocycles. The molecular formula is C17H33IN4. The van der Waals surface area contributed by atoms with E-state index in [1.165, 1.54) is 12.8 Å². The fourth-order valence-corrected chi connectivity index (χ4v) is 2.45. The largest absolute Gasteiger partial charge is 0.356 e. The monoisotopic (exact) mass is 420 g/mol. The molecule has 128 valence electrons. The molecule has 22 heavy (non-hydrogen) atoms. The molecule has 0 amide bonds. The van der Waals surface area contributed by atoms with Gasteiger partial charge in [0, 0.05) is 39.3 Å². The zero-order valence-electron chi connectivity index (χ0n) is 14.3. The summed E-state index contributed by atoms with van der Waals surface area (Å²) >= 11 is 0. The Balaban J connectivity index is 0.00000441. The molecule has 0 saturated heterocycles. The highest BCUT2D eigenvalue weighted by Crippen LogP contribution is 2.27. The molecule has 1 unspecified atom stereocenters. The standard InChI is InChI=1S/C17H32N4.HI/c1-6-10-21(11-7-2)16(14(3)4)13-20-17(18-5)19-12-15-8-9-15;/h6-7,14-16H,1-2,8-13H2,3-5H3,(H2,18,19,20);1H. The maximum atomic E-state index is 4.31. The van der Waals surface area contributed by atoms with Crippen LogP contribution in [0.1, 0.15) is 26.7 Å². The van der Waals surface area contributed by atoms with E-state index in [4.69, 9.17) is 0 Å². The lowest BCUT2D eigenvalue weighted by Gasteiger charge is -2.33. The summed E-state index contributed by atoms with van der Waals surface area (Å²) in [5.74, 6) is 2.31. The molecule has 0 aromatic heterocycles. The van der Waals surface area contributed by atoms with E-state index in [1.54, 1.807) is 0 Å². The van der Waals surface area contributed by atoms with E-state index < -0.39 is 0 Å². The quantitative estimate of drug-likeness (QED) is 0.247. The average molecular weight is 420 g/mol. The Morgan fingerprint density at radius 2 is 1.82 bits per heavy atom. The molecule has 1 saturated carbocycles. The lowest BCUT2D eigenvalue weighted by Crippen LogP contribution is -2.49. The maximum absolute atomic E-state index is 4.31. The van der Waals surface area contributed by atoms with E-state index in [0.717, 1.165) is 38.1 Å². The van der Waals surface area contributed by atoms with Crippen molar-refractivity contribution in [1.82, 2.24) is 15.5 Å². The predicted molar refractivity (Wildman–Crippen MR) is 108 cm³/mol. The maximum Gasteiger partial charge on any atom is 0.191 e. The van der Waals surface area contributed by atoms with Crippen molar-refractivity contribution in [2.75, 3.05) is 33.2 Å². The third kappa shape index (κ3) is 8.17. The van der Waals surface area contributed by atoms with Gasteiger partial charge in [-0.1, -0.05) is 26.0 Å². The molecule has 5 heteroatoms. The van der Waals surface area contributed by atoms with E-state index >= 15 is 0 Å². The Kier molecular flexibility index (Phi) is 11.6. The summed E-state index contributed by atoms with van der Waals surface area (Å²) in [5, 5.41) is 6.87. The number of nitrogens with one attached hydrogen (secondary N) is 2. The molecule has 0 aromatic carbocycles. The molecule has 1 atom stereocenters. The van der Waals surface area contributed by atoms with Crippen LogP contribution in [0.25, 0.3) is 0 Å². The van der Waals surface area contributed by atoms with Crippen molar-refractivity contribution in [3.63, 3.8) is 0 Å². The third-order valence-electron chi connectivity index (χ3n) is 3.92. The van der Waals surface area contributed by atoms with Gasteiger partial charge in [-0.3, -0.25) is 9.89 Å². The van der Waals surface area contributed by atoms with E-state index in [-0.39, 0.29) is 24.0 Å². The summed E-state index contributed by atoms with van der Waals surface area (Å²) in [6, 6.07) is 0.431. The summed E-state index contributed by atoms with van der Waals surface area (Å²) in [4.78, 5) is 6.70. The van der Waals surface area contributed by atoms with Crippen LogP contribution >= 0.6 is 24.0 Å². The van der Waals surface area contributed by atoms with Crippen LogP contribution in [-0.4, -0.2) is 50.1 Å². The van der Waals surface area contributed by atoms with Crippen molar-refractivity contribution in [1.29, 1.82) is 0 Å². The van der Waals surface area contributed by atoms with Crippen molar-refractivity contribution in [2.24, 2.45) is 16.8 Å². The minimum atomic E-state index is 0. The van der Waals surface area contributed by atoms with Gasteiger partial charge >= 0.3 is 0 Å². The highest BCUT2D eigenvalue weighted by Gasteiger charge is 2.22. The first-order valence-corrected chi connectivity index (χ1v) is 8.02. The van der Waals surface area contributed by atoms with Gasteiger partial charge < -0.3 is 10.6 Å². The molecule has 0 radical (unpaired) electrons. The second-order valence-electron chi connectivity index (χ2n) is 6.12. The smallest absolute Gasteiger partial charge is 0.191 e. The molecule has 1 aliphatic rings. The molecule has 2 N–H and O–H groups in total. The van der Waals surface area contributed by atoms with Crippen molar-refractivity contribution in [3.05, 3.63) is 25.3 Å². The molecule has 0 heterocycles. The fraction of sp³-hybridized carbons (Fsp3) is 0.706. The summed E-state index contributed by atoms with van der Waals surface area (Å²) in [6.07, 6.45) is 6.62. The number of halogens is 1. The van der Waals surface area contributed by atoms with E-state index in [1.807, 2.05) is 19.2 Å². The summed E-state index contributed by atoms with van der Waals surface area (Å²) in [7, 11) is 1.83. The first-order valence-electron chi connectivity index (χ1n) is 8.02. The van der Waals surface area contributed by atoms with Gasteiger partial charge in [0.1, 0.15) is 0 Å². The second kappa shape index (κ2) is 11.9. The van der Waals surface area contributed by atoms with Gasteiger partial charge in [0.05, 0.1) is 0 Å². The van der Waals surface area contributed by atoms with Crippen molar-refractivity contribution in [3.8, 4) is 0 Å². The van der Waals surface area contributed by atoms with Crippen LogP contribution in [0.3, 0.4) is 0 Å². The average Bonchev–Trinajstić information content (AvgIpc) is 3.26. The SMILES string of the molecule is C=CCN(CC=C)C(CNC(=NC)NCC1CC1)C(C)C.I. The van der Waals surface area contributed by atoms with Gasteiger partial charge in [0.25, 0.3) is 0 Å². The Labute approximate surface area is 153 Å². The van der Waals surface area contributed by atoms with Gasteiger partial charge in [-0.25, -0.2) is 0 Å².